The second-order valence-corrected chi connectivity index (χ2v) is 7.20. The number of carbonyl (C=O) groups is 3. The summed E-state index contributed by atoms with van der Waals surface area (Å²) in [6.45, 7) is 0.818. The van der Waals surface area contributed by atoms with Crippen molar-refractivity contribution in [1.29, 1.82) is 0 Å². The topological polar surface area (TPSA) is 79.0 Å². The first-order chi connectivity index (χ1) is 15.2. The number of hydrogen-bond acceptors (Lipinski definition) is 4. The molecule has 1 saturated heterocycles. The molecule has 3 rings (SSSR count). The van der Waals surface area contributed by atoms with Gasteiger partial charge in [0, 0.05) is 31.9 Å². The van der Waals surface area contributed by atoms with Crippen molar-refractivity contribution in [2.24, 2.45) is 0 Å². The van der Waals surface area contributed by atoms with Gasteiger partial charge < -0.3 is 19.9 Å². The maximum Gasteiger partial charge on any atom is 0.416 e. The lowest BCUT2D eigenvalue weighted by Gasteiger charge is -2.34. The minimum atomic E-state index is -4.45. The zero-order chi connectivity index (χ0) is 23.1. The number of anilines is 1. The Bertz CT molecular complexity index is 941. The fourth-order valence-electron chi connectivity index (χ4n) is 3.15. The number of urea groups is 1. The first kappa shape index (κ1) is 23.1. The van der Waals surface area contributed by atoms with E-state index in [0.29, 0.717) is 37.4 Å². The van der Waals surface area contributed by atoms with Crippen LogP contribution in [0.25, 0.3) is 0 Å². The maximum atomic E-state index is 12.6. The summed E-state index contributed by atoms with van der Waals surface area (Å²) in [6, 6.07) is 12.9. The maximum absolute atomic E-state index is 12.6. The van der Waals surface area contributed by atoms with Gasteiger partial charge in [-0.15, -0.1) is 0 Å². The number of ether oxygens (including phenoxy) is 1. The quantitative estimate of drug-likeness (QED) is 0.712. The Balaban J connectivity index is 1.39. The molecule has 0 aromatic heterocycles. The van der Waals surface area contributed by atoms with E-state index in [1.54, 1.807) is 17.0 Å². The number of carbonyl (C=O) groups excluding carboxylic acids is 3. The highest BCUT2D eigenvalue weighted by molar-refractivity contribution is 5.89. The summed E-state index contributed by atoms with van der Waals surface area (Å²) >= 11 is 0. The van der Waals surface area contributed by atoms with E-state index >= 15 is 0 Å². The fraction of sp³-hybridized carbons (Fsp3) is 0.318. The van der Waals surface area contributed by atoms with Crippen LogP contribution in [0.4, 0.5) is 23.7 Å². The average Bonchev–Trinajstić information content (AvgIpc) is 2.78. The fourth-order valence-corrected chi connectivity index (χ4v) is 3.15. The van der Waals surface area contributed by atoms with E-state index in [9.17, 15) is 27.6 Å². The van der Waals surface area contributed by atoms with Crippen LogP contribution in [0, 0.1) is 0 Å². The van der Waals surface area contributed by atoms with Crippen molar-refractivity contribution in [1.82, 2.24) is 9.80 Å². The molecule has 170 valence electrons. The van der Waals surface area contributed by atoms with E-state index in [4.69, 9.17) is 4.74 Å². The van der Waals surface area contributed by atoms with E-state index in [-0.39, 0.29) is 12.5 Å². The van der Waals surface area contributed by atoms with Gasteiger partial charge in [0.1, 0.15) is 0 Å². The molecule has 0 unspecified atom stereocenters. The van der Waals surface area contributed by atoms with Crippen LogP contribution >= 0.6 is 0 Å². The van der Waals surface area contributed by atoms with Crippen molar-refractivity contribution in [2.75, 3.05) is 38.1 Å². The number of halogens is 3. The predicted octanol–water partition coefficient (Wildman–Crippen LogP) is 3.17. The molecule has 0 radical (unpaired) electrons. The number of hydrogen-bond donors (Lipinski definition) is 1. The number of piperazine rings is 1. The molecule has 2 aromatic carbocycles. The molecule has 0 aliphatic carbocycles. The Labute approximate surface area is 182 Å². The molecular formula is C22H22F3N3O4. The second kappa shape index (κ2) is 10.2. The van der Waals surface area contributed by atoms with Crippen LogP contribution in [0.3, 0.4) is 0 Å². The minimum absolute atomic E-state index is 0.237. The first-order valence-corrected chi connectivity index (χ1v) is 9.93. The van der Waals surface area contributed by atoms with E-state index < -0.39 is 30.2 Å². The number of benzene rings is 2. The van der Waals surface area contributed by atoms with Crippen LogP contribution in [0.1, 0.15) is 11.1 Å². The predicted molar refractivity (Wildman–Crippen MR) is 110 cm³/mol. The Morgan fingerprint density at radius 2 is 1.47 bits per heavy atom. The van der Waals surface area contributed by atoms with Gasteiger partial charge in [-0.05, 0) is 29.8 Å². The third kappa shape index (κ3) is 6.47. The molecule has 1 aliphatic heterocycles. The lowest BCUT2D eigenvalue weighted by Crippen LogP contribution is -2.52. The molecule has 10 heteroatoms. The molecule has 2 aromatic rings. The van der Waals surface area contributed by atoms with Crippen LogP contribution < -0.4 is 5.32 Å². The Hall–Kier alpha value is -3.56. The highest BCUT2D eigenvalue weighted by Crippen LogP contribution is 2.29. The summed E-state index contributed by atoms with van der Waals surface area (Å²) in [7, 11) is 0. The molecule has 0 atom stereocenters. The summed E-state index contributed by atoms with van der Waals surface area (Å²) < 4.78 is 42.7. The SMILES string of the molecule is O=C(Cc1ccc(C(F)(F)F)cc1)OCC(=O)N1CCN(C(=O)Nc2ccccc2)CC1. The van der Waals surface area contributed by atoms with Crippen molar-refractivity contribution in [3.8, 4) is 0 Å². The van der Waals surface area contributed by atoms with Gasteiger partial charge in [0.25, 0.3) is 5.91 Å². The summed E-state index contributed by atoms with van der Waals surface area (Å²) in [5.41, 5.74) is 0.228. The highest BCUT2D eigenvalue weighted by atomic mass is 19.4. The number of nitrogens with one attached hydrogen (secondary N) is 1. The highest BCUT2D eigenvalue weighted by Gasteiger charge is 2.30. The largest absolute Gasteiger partial charge is 0.455 e. The molecular weight excluding hydrogens is 427 g/mol. The monoisotopic (exact) mass is 449 g/mol. The lowest BCUT2D eigenvalue weighted by molar-refractivity contribution is -0.152. The van der Waals surface area contributed by atoms with Gasteiger partial charge in [-0.3, -0.25) is 9.59 Å². The third-order valence-electron chi connectivity index (χ3n) is 4.93. The van der Waals surface area contributed by atoms with Gasteiger partial charge in [0.2, 0.25) is 0 Å². The normalized spacial score (nSPS) is 14.1. The van der Waals surface area contributed by atoms with E-state index in [2.05, 4.69) is 5.32 Å². The average molecular weight is 449 g/mol. The van der Waals surface area contributed by atoms with Crippen molar-refractivity contribution in [3.63, 3.8) is 0 Å². The smallest absolute Gasteiger partial charge is 0.416 e. The number of amides is 3. The van der Waals surface area contributed by atoms with Crippen molar-refractivity contribution < 1.29 is 32.3 Å². The summed E-state index contributed by atoms with van der Waals surface area (Å²) in [5, 5.41) is 2.78. The van der Waals surface area contributed by atoms with Crippen LogP contribution in [-0.4, -0.2) is 60.5 Å². The van der Waals surface area contributed by atoms with Crippen LogP contribution in [-0.2, 0) is 26.9 Å². The molecule has 1 fully saturated rings. The van der Waals surface area contributed by atoms with Crippen LogP contribution in [0.15, 0.2) is 54.6 Å². The summed E-state index contributed by atoms with van der Waals surface area (Å²) in [6.07, 6.45) is -4.68. The van der Waals surface area contributed by atoms with Gasteiger partial charge in [-0.1, -0.05) is 30.3 Å². The van der Waals surface area contributed by atoms with E-state index in [1.165, 1.54) is 17.0 Å². The second-order valence-electron chi connectivity index (χ2n) is 7.20. The summed E-state index contributed by atoms with van der Waals surface area (Å²) in [5.74, 6) is -1.10. The number of alkyl halides is 3. The standard InChI is InChI=1S/C22H22F3N3O4/c23-22(24,25)17-8-6-16(7-9-17)14-20(30)32-15-19(29)27-10-12-28(13-11-27)21(31)26-18-4-2-1-3-5-18/h1-9H,10-15H2,(H,26,31). The van der Waals surface area contributed by atoms with Gasteiger partial charge in [-0.25, -0.2) is 4.79 Å². The van der Waals surface area contributed by atoms with Crippen molar-refractivity contribution >= 4 is 23.6 Å². The number of para-hydroxylation sites is 1. The molecule has 0 bridgehead atoms. The molecule has 32 heavy (non-hydrogen) atoms. The van der Waals surface area contributed by atoms with E-state index in [0.717, 1.165) is 12.1 Å². The Kier molecular flexibility index (Phi) is 7.34. The zero-order valence-electron chi connectivity index (χ0n) is 17.1. The van der Waals surface area contributed by atoms with Crippen LogP contribution in [0.5, 0.6) is 0 Å². The van der Waals surface area contributed by atoms with Crippen LogP contribution in [0.2, 0.25) is 0 Å². The number of nitrogens with zero attached hydrogens (tertiary/aromatic N) is 2. The number of rotatable bonds is 5. The van der Waals surface area contributed by atoms with Crippen molar-refractivity contribution in [3.05, 3.63) is 65.7 Å². The van der Waals surface area contributed by atoms with Gasteiger partial charge >= 0.3 is 18.2 Å². The van der Waals surface area contributed by atoms with Crippen molar-refractivity contribution in [2.45, 2.75) is 12.6 Å². The molecule has 3 amide bonds. The summed E-state index contributed by atoms with van der Waals surface area (Å²) in [4.78, 5) is 39.6. The Morgan fingerprint density at radius 3 is 2.06 bits per heavy atom. The van der Waals surface area contributed by atoms with Gasteiger partial charge in [0.15, 0.2) is 6.61 Å². The van der Waals surface area contributed by atoms with E-state index in [1.807, 2.05) is 18.2 Å². The van der Waals surface area contributed by atoms with Gasteiger partial charge in [-0.2, -0.15) is 13.2 Å². The molecule has 0 spiro atoms. The lowest BCUT2D eigenvalue weighted by atomic mass is 10.1. The molecule has 1 heterocycles. The molecule has 1 aliphatic rings. The molecule has 7 nitrogen and oxygen atoms in total. The van der Waals surface area contributed by atoms with Gasteiger partial charge in [0.05, 0.1) is 12.0 Å². The molecule has 1 N–H and O–H groups in total. The number of esters is 1. The minimum Gasteiger partial charge on any atom is -0.455 e. The Morgan fingerprint density at radius 1 is 0.875 bits per heavy atom. The third-order valence-corrected chi connectivity index (χ3v) is 4.93. The molecule has 0 saturated carbocycles. The zero-order valence-corrected chi connectivity index (χ0v) is 17.1. The first-order valence-electron chi connectivity index (χ1n) is 9.93.